The largest absolute Gasteiger partial charge is 0.275 e. The predicted octanol–water partition coefficient (Wildman–Crippen LogP) is 4.90. The average molecular weight is 309 g/mol. The van der Waals surface area contributed by atoms with Crippen molar-refractivity contribution in [1.29, 1.82) is 0 Å². The van der Waals surface area contributed by atoms with E-state index in [0.717, 1.165) is 28.8 Å². The molecule has 2 nitrogen and oxygen atoms in total. The Bertz CT molecular complexity index is 1090. The van der Waals surface area contributed by atoms with Crippen molar-refractivity contribution in [2.75, 3.05) is 0 Å². The third-order valence-electron chi connectivity index (χ3n) is 4.82. The van der Waals surface area contributed by atoms with Gasteiger partial charge in [0.05, 0.1) is 11.2 Å². The quantitative estimate of drug-likeness (QED) is 0.454. The van der Waals surface area contributed by atoms with Gasteiger partial charge in [0.15, 0.2) is 0 Å². The highest BCUT2D eigenvalue weighted by Gasteiger charge is 2.31. The second kappa shape index (κ2) is 4.93. The van der Waals surface area contributed by atoms with Crippen molar-refractivity contribution in [3.63, 3.8) is 0 Å². The van der Waals surface area contributed by atoms with Gasteiger partial charge in [-0.05, 0) is 23.3 Å². The Morgan fingerprint density at radius 3 is 2.21 bits per heavy atom. The number of benzene rings is 3. The molecule has 3 aromatic carbocycles. The molecule has 2 heteroatoms. The van der Waals surface area contributed by atoms with E-state index in [4.69, 9.17) is 0 Å². The van der Waals surface area contributed by atoms with E-state index < -0.39 is 0 Å². The second-order valence-electron chi connectivity index (χ2n) is 6.19. The fourth-order valence-electron chi connectivity index (χ4n) is 3.78. The number of hydrogen-bond acceptors (Lipinski definition) is 1. The minimum absolute atomic E-state index is 0.0797. The Hall–Kier alpha value is -3.13. The topological polar surface area (TPSA) is 22.0 Å². The molecule has 2 heterocycles. The van der Waals surface area contributed by atoms with E-state index in [0.29, 0.717) is 0 Å². The standard InChI is InChI=1S/C22H15NO/c24-22-18-12-5-4-11-17(18)21-19(14-15-8-2-1-3-9-15)16-10-6-7-13-20(16)23(21)22/h1-13H,14H2. The summed E-state index contributed by atoms with van der Waals surface area (Å²) >= 11 is 0. The first kappa shape index (κ1) is 13.3. The Morgan fingerprint density at radius 1 is 0.708 bits per heavy atom. The summed E-state index contributed by atoms with van der Waals surface area (Å²) in [7, 11) is 0. The molecule has 0 saturated heterocycles. The Kier molecular flexibility index (Phi) is 2.74. The maximum Gasteiger partial charge on any atom is 0.263 e. The van der Waals surface area contributed by atoms with Crippen LogP contribution in [0.3, 0.4) is 0 Å². The van der Waals surface area contributed by atoms with Crippen LogP contribution in [-0.4, -0.2) is 10.5 Å². The van der Waals surface area contributed by atoms with Crippen molar-refractivity contribution >= 4 is 16.8 Å². The minimum atomic E-state index is 0.0797. The van der Waals surface area contributed by atoms with Gasteiger partial charge < -0.3 is 0 Å². The highest BCUT2D eigenvalue weighted by atomic mass is 16.2. The van der Waals surface area contributed by atoms with Crippen LogP contribution in [0.15, 0.2) is 78.9 Å². The third kappa shape index (κ3) is 1.74. The number of hydrogen-bond donors (Lipinski definition) is 0. The van der Waals surface area contributed by atoms with Crippen LogP contribution in [0.25, 0.3) is 22.2 Å². The van der Waals surface area contributed by atoms with Gasteiger partial charge in [0.25, 0.3) is 5.91 Å². The number of carbonyl (C=O) groups excluding carboxylic acids is 1. The summed E-state index contributed by atoms with van der Waals surface area (Å²) in [4.78, 5) is 12.9. The van der Waals surface area contributed by atoms with Crippen molar-refractivity contribution < 1.29 is 4.79 Å². The molecule has 0 saturated carbocycles. The van der Waals surface area contributed by atoms with Gasteiger partial charge in [-0.25, -0.2) is 0 Å². The number of aromatic nitrogens is 1. The van der Waals surface area contributed by atoms with E-state index in [1.54, 1.807) is 0 Å². The highest BCUT2D eigenvalue weighted by Crippen LogP contribution is 2.41. The molecule has 0 aliphatic carbocycles. The van der Waals surface area contributed by atoms with E-state index in [-0.39, 0.29) is 5.91 Å². The Morgan fingerprint density at radius 2 is 1.38 bits per heavy atom. The molecule has 0 N–H and O–H groups in total. The maximum absolute atomic E-state index is 12.9. The van der Waals surface area contributed by atoms with E-state index in [9.17, 15) is 4.79 Å². The van der Waals surface area contributed by atoms with E-state index in [1.807, 2.05) is 47.0 Å². The van der Waals surface area contributed by atoms with Crippen molar-refractivity contribution in [3.05, 3.63) is 95.6 Å². The third-order valence-corrected chi connectivity index (χ3v) is 4.82. The zero-order chi connectivity index (χ0) is 16.1. The summed E-state index contributed by atoms with van der Waals surface area (Å²) in [6.45, 7) is 0. The predicted molar refractivity (Wildman–Crippen MR) is 96.4 cm³/mol. The van der Waals surface area contributed by atoms with Crippen LogP contribution in [0.1, 0.15) is 21.5 Å². The van der Waals surface area contributed by atoms with Gasteiger partial charge in [-0.1, -0.05) is 66.7 Å². The van der Waals surface area contributed by atoms with Gasteiger partial charge in [0, 0.05) is 22.9 Å². The molecule has 1 aromatic heterocycles. The van der Waals surface area contributed by atoms with Crippen molar-refractivity contribution in [3.8, 4) is 11.3 Å². The zero-order valence-electron chi connectivity index (χ0n) is 13.1. The van der Waals surface area contributed by atoms with Gasteiger partial charge in [0.2, 0.25) is 0 Å². The molecule has 0 fully saturated rings. The first-order valence-corrected chi connectivity index (χ1v) is 8.15. The van der Waals surface area contributed by atoms with E-state index in [2.05, 4.69) is 36.4 Å². The van der Waals surface area contributed by atoms with E-state index in [1.165, 1.54) is 16.5 Å². The van der Waals surface area contributed by atoms with Crippen LogP contribution in [0.5, 0.6) is 0 Å². The molecular formula is C22H15NO. The van der Waals surface area contributed by atoms with Crippen LogP contribution in [0, 0.1) is 0 Å². The average Bonchev–Trinajstić information content (AvgIpc) is 3.11. The molecule has 0 unspecified atom stereocenters. The number of para-hydroxylation sites is 1. The number of nitrogens with zero attached hydrogens (tertiary/aromatic N) is 1. The summed E-state index contributed by atoms with van der Waals surface area (Å²) in [5.41, 5.74) is 6.39. The number of rotatable bonds is 2. The minimum Gasteiger partial charge on any atom is -0.275 e. The van der Waals surface area contributed by atoms with Gasteiger partial charge in [-0.15, -0.1) is 0 Å². The molecule has 5 rings (SSSR count). The molecule has 0 amide bonds. The van der Waals surface area contributed by atoms with Crippen LogP contribution in [0.4, 0.5) is 0 Å². The van der Waals surface area contributed by atoms with Crippen molar-refractivity contribution in [2.45, 2.75) is 6.42 Å². The molecule has 0 bridgehead atoms. The lowest BCUT2D eigenvalue weighted by atomic mass is 9.97. The monoisotopic (exact) mass is 309 g/mol. The molecule has 1 aliphatic rings. The Labute approximate surface area is 140 Å². The van der Waals surface area contributed by atoms with Gasteiger partial charge >= 0.3 is 0 Å². The summed E-state index contributed by atoms with van der Waals surface area (Å²) in [5.74, 6) is 0.0797. The Balaban J connectivity index is 1.84. The summed E-state index contributed by atoms with van der Waals surface area (Å²) < 4.78 is 1.89. The van der Waals surface area contributed by atoms with Crippen LogP contribution in [0.2, 0.25) is 0 Å². The summed E-state index contributed by atoms with van der Waals surface area (Å²) in [5, 5.41) is 1.17. The van der Waals surface area contributed by atoms with Crippen LogP contribution < -0.4 is 0 Å². The normalized spacial score (nSPS) is 12.4. The van der Waals surface area contributed by atoms with Crippen LogP contribution >= 0.6 is 0 Å². The molecular weight excluding hydrogens is 294 g/mol. The molecule has 114 valence electrons. The molecule has 24 heavy (non-hydrogen) atoms. The summed E-state index contributed by atoms with van der Waals surface area (Å²) in [6.07, 6.45) is 0.825. The number of carbonyl (C=O) groups is 1. The molecule has 4 aromatic rings. The smallest absolute Gasteiger partial charge is 0.263 e. The fraction of sp³-hybridized carbons (Fsp3) is 0.0455. The van der Waals surface area contributed by atoms with Gasteiger partial charge in [-0.2, -0.15) is 0 Å². The lowest BCUT2D eigenvalue weighted by Crippen LogP contribution is -2.05. The molecule has 1 aliphatic heterocycles. The van der Waals surface area contributed by atoms with Crippen LogP contribution in [-0.2, 0) is 6.42 Å². The van der Waals surface area contributed by atoms with Crippen molar-refractivity contribution in [1.82, 2.24) is 4.57 Å². The van der Waals surface area contributed by atoms with E-state index >= 15 is 0 Å². The fourth-order valence-corrected chi connectivity index (χ4v) is 3.78. The first-order valence-electron chi connectivity index (χ1n) is 8.15. The number of fused-ring (bicyclic) bond motifs is 5. The first-order chi connectivity index (χ1) is 11.8. The summed E-state index contributed by atoms with van der Waals surface area (Å²) in [6, 6.07) is 26.6. The van der Waals surface area contributed by atoms with Gasteiger partial charge in [0.1, 0.15) is 0 Å². The maximum atomic E-state index is 12.9. The zero-order valence-corrected chi connectivity index (χ0v) is 13.1. The SMILES string of the molecule is O=C1c2ccccc2-c2c(Cc3ccccc3)c3ccccc3n21. The lowest BCUT2D eigenvalue weighted by molar-refractivity contribution is 0.0973. The van der Waals surface area contributed by atoms with Gasteiger partial charge in [-0.3, -0.25) is 9.36 Å². The second-order valence-corrected chi connectivity index (χ2v) is 6.19. The van der Waals surface area contributed by atoms with Crippen molar-refractivity contribution in [2.24, 2.45) is 0 Å². The molecule has 0 atom stereocenters. The lowest BCUT2D eigenvalue weighted by Gasteiger charge is -2.05. The molecule has 0 radical (unpaired) electrons. The highest BCUT2D eigenvalue weighted by molar-refractivity contribution is 6.16. The molecule has 0 spiro atoms.